The third-order valence-electron chi connectivity index (χ3n) is 5.80. The van der Waals surface area contributed by atoms with E-state index in [1.165, 1.54) is 4.80 Å². The second-order valence-corrected chi connectivity index (χ2v) is 8.19. The molecule has 0 aliphatic carbocycles. The molecule has 4 aromatic rings. The first-order valence-corrected chi connectivity index (χ1v) is 10.8. The number of aryl methyl sites for hydroxylation is 2. The molecule has 1 unspecified atom stereocenters. The van der Waals surface area contributed by atoms with E-state index in [-0.39, 0.29) is 11.9 Å². The van der Waals surface area contributed by atoms with Crippen molar-refractivity contribution in [3.05, 3.63) is 71.3 Å². The maximum Gasteiger partial charge on any atom is 0.258 e. The summed E-state index contributed by atoms with van der Waals surface area (Å²) in [4.78, 5) is 21.6. The molecule has 0 radical (unpaired) electrons. The molecule has 2 aromatic carbocycles. The molecule has 33 heavy (non-hydrogen) atoms. The lowest BCUT2D eigenvalue weighted by atomic mass is 10.1. The van der Waals surface area contributed by atoms with Crippen molar-refractivity contribution >= 4 is 5.91 Å². The number of hydrogen-bond donors (Lipinski definition) is 0. The van der Waals surface area contributed by atoms with Crippen LogP contribution in [0.3, 0.4) is 0 Å². The first-order valence-electron chi connectivity index (χ1n) is 10.8. The average Bonchev–Trinajstić information content (AvgIpc) is 3.59. The Labute approximate surface area is 191 Å². The number of ether oxygens (including phenoxy) is 1. The van der Waals surface area contributed by atoms with E-state index in [2.05, 4.69) is 20.3 Å². The zero-order valence-electron chi connectivity index (χ0n) is 18.7. The second kappa shape index (κ2) is 8.50. The number of rotatable bonds is 5. The van der Waals surface area contributed by atoms with Gasteiger partial charge in [0.25, 0.3) is 11.8 Å². The second-order valence-electron chi connectivity index (χ2n) is 8.19. The van der Waals surface area contributed by atoms with Crippen LogP contribution < -0.4 is 4.74 Å². The summed E-state index contributed by atoms with van der Waals surface area (Å²) in [7, 11) is 1.62. The minimum Gasteiger partial charge on any atom is -0.497 e. The maximum atomic E-state index is 13.7. The maximum absolute atomic E-state index is 13.7. The van der Waals surface area contributed by atoms with Gasteiger partial charge in [-0.25, -0.2) is 0 Å². The lowest BCUT2D eigenvalue weighted by Gasteiger charge is -2.23. The Kier molecular flexibility index (Phi) is 5.37. The lowest BCUT2D eigenvalue weighted by Crippen LogP contribution is -2.32. The van der Waals surface area contributed by atoms with Crippen LogP contribution in [0.2, 0.25) is 0 Å². The molecule has 0 saturated carbocycles. The molecular formula is C24H24N6O3. The minimum absolute atomic E-state index is 0.0999. The van der Waals surface area contributed by atoms with E-state index < -0.39 is 0 Å². The Morgan fingerprint density at radius 2 is 1.91 bits per heavy atom. The largest absolute Gasteiger partial charge is 0.497 e. The Balaban J connectivity index is 1.46. The van der Waals surface area contributed by atoms with Crippen molar-refractivity contribution in [1.29, 1.82) is 0 Å². The SMILES string of the molecule is COc1cc(C)cc(-c2nc(C3CCCN3C(=O)c3cc(C)ccc3-n3nccn3)no2)c1. The molecule has 3 heterocycles. The molecule has 1 aliphatic heterocycles. The fourth-order valence-corrected chi connectivity index (χ4v) is 4.25. The predicted molar refractivity (Wildman–Crippen MR) is 120 cm³/mol. The van der Waals surface area contributed by atoms with E-state index >= 15 is 0 Å². The topological polar surface area (TPSA) is 99.2 Å². The van der Waals surface area contributed by atoms with Gasteiger partial charge < -0.3 is 14.2 Å². The van der Waals surface area contributed by atoms with Gasteiger partial charge in [-0.3, -0.25) is 4.79 Å². The van der Waals surface area contributed by atoms with E-state index in [0.717, 1.165) is 35.3 Å². The minimum atomic E-state index is -0.263. The molecule has 1 saturated heterocycles. The number of benzene rings is 2. The standard InChI is InChI=1S/C24H24N6O3/c1-15-6-7-20(30-25-8-9-26-30)19(13-15)24(31)29-10-4-5-21(29)22-27-23(33-28-22)17-11-16(2)12-18(14-17)32-3/h6-9,11-14,21H,4-5,10H2,1-3H3. The Morgan fingerprint density at radius 3 is 2.70 bits per heavy atom. The van der Waals surface area contributed by atoms with E-state index in [0.29, 0.717) is 29.5 Å². The molecular weight excluding hydrogens is 420 g/mol. The molecule has 2 aromatic heterocycles. The summed E-state index contributed by atoms with van der Waals surface area (Å²) in [6, 6.07) is 11.2. The van der Waals surface area contributed by atoms with Gasteiger partial charge in [-0.2, -0.15) is 20.0 Å². The summed E-state index contributed by atoms with van der Waals surface area (Å²) in [6.07, 6.45) is 4.81. The number of aromatic nitrogens is 5. The number of likely N-dealkylation sites (tertiary alicyclic amines) is 1. The van der Waals surface area contributed by atoms with Crippen LogP contribution in [0.15, 0.2) is 53.3 Å². The fraction of sp³-hybridized carbons (Fsp3) is 0.292. The summed E-state index contributed by atoms with van der Waals surface area (Å²) < 4.78 is 10.9. The number of carbonyl (C=O) groups is 1. The summed E-state index contributed by atoms with van der Waals surface area (Å²) in [5.74, 6) is 1.53. The molecule has 1 aliphatic rings. The van der Waals surface area contributed by atoms with Crippen molar-refractivity contribution in [2.24, 2.45) is 0 Å². The Bertz CT molecular complexity index is 1300. The molecule has 0 bridgehead atoms. The van der Waals surface area contributed by atoms with E-state index in [1.807, 2.05) is 55.1 Å². The number of nitrogens with zero attached hydrogens (tertiary/aromatic N) is 6. The first kappa shape index (κ1) is 20.9. The highest BCUT2D eigenvalue weighted by Gasteiger charge is 2.35. The number of amides is 1. The quantitative estimate of drug-likeness (QED) is 0.460. The summed E-state index contributed by atoms with van der Waals surface area (Å²) >= 11 is 0. The zero-order valence-corrected chi connectivity index (χ0v) is 18.7. The summed E-state index contributed by atoms with van der Waals surface area (Å²) in [5.41, 5.74) is 3.99. The third-order valence-corrected chi connectivity index (χ3v) is 5.80. The van der Waals surface area contributed by atoms with Crippen molar-refractivity contribution in [2.45, 2.75) is 32.7 Å². The molecule has 5 rings (SSSR count). The monoisotopic (exact) mass is 444 g/mol. The lowest BCUT2D eigenvalue weighted by molar-refractivity contribution is 0.0728. The highest BCUT2D eigenvalue weighted by Crippen LogP contribution is 2.34. The molecule has 0 N–H and O–H groups in total. The van der Waals surface area contributed by atoms with Gasteiger partial charge in [0.2, 0.25) is 0 Å². The highest BCUT2D eigenvalue weighted by molar-refractivity contribution is 5.98. The van der Waals surface area contributed by atoms with Gasteiger partial charge in [0, 0.05) is 12.1 Å². The molecule has 168 valence electrons. The van der Waals surface area contributed by atoms with E-state index in [4.69, 9.17) is 9.26 Å². The molecule has 1 amide bonds. The number of methoxy groups -OCH3 is 1. The van der Waals surface area contributed by atoms with Crippen LogP contribution in [0.1, 0.15) is 46.2 Å². The van der Waals surface area contributed by atoms with E-state index in [9.17, 15) is 4.79 Å². The van der Waals surface area contributed by atoms with Gasteiger partial charge in [0.15, 0.2) is 5.82 Å². The van der Waals surface area contributed by atoms with Gasteiger partial charge in [-0.15, -0.1) is 0 Å². The molecule has 9 nitrogen and oxygen atoms in total. The molecule has 0 spiro atoms. The van der Waals surface area contributed by atoms with E-state index in [1.54, 1.807) is 19.5 Å². The van der Waals surface area contributed by atoms with Crippen LogP contribution in [0.4, 0.5) is 0 Å². The molecule has 9 heteroatoms. The Hall–Kier alpha value is -4.01. The predicted octanol–water partition coefficient (Wildman–Crippen LogP) is 3.92. The van der Waals surface area contributed by atoms with Gasteiger partial charge in [-0.05, 0) is 62.6 Å². The number of carbonyl (C=O) groups excluding carboxylic acids is 1. The molecule has 1 fully saturated rings. The first-order chi connectivity index (χ1) is 16.0. The van der Waals surface area contributed by atoms with Crippen molar-refractivity contribution in [2.75, 3.05) is 13.7 Å². The van der Waals surface area contributed by atoms with Gasteiger partial charge in [0.1, 0.15) is 5.75 Å². The van der Waals surface area contributed by atoms with Gasteiger partial charge >= 0.3 is 0 Å². The van der Waals surface area contributed by atoms with Gasteiger partial charge in [-0.1, -0.05) is 16.8 Å². The smallest absolute Gasteiger partial charge is 0.258 e. The van der Waals surface area contributed by atoms with Crippen LogP contribution in [0, 0.1) is 13.8 Å². The molecule has 1 atom stereocenters. The zero-order chi connectivity index (χ0) is 22.9. The van der Waals surface area contributed by atoms with Crippen LogP contribution in [0.5, 0.6) is 5.75 Å². The van der Waals surface area contributed by atoms with Crippen molar-refractivity contribution in [1.82, 2.24) is 30.0 Å². The number of hydrogen-bond acceptors (Lipinski definition) is 7. The summed E-state index contributed by atoms with van der Waals surface area (Å²) in [5, 5.41) is 12.6. The van der Waals surface area contributed by atoms with Crippen LogP contribution in [-0.4, -0.2) is 49.6 Å². The third kappa shape index (κ3) is 3.97. The normalized spacial score (nSPS) is 15.7. The van der Waals surface area contributed by atoms with Crippen molar-refractivity contribution < 1.29 is 14.1 Å². The Morgan fingerprint density at radius 1 is 1.09 bits per heavy atom. The van der Waals surface area contributed by atoms with Gasteiger partial charge in [0.05, 0.1) is 36.8 Å². The highest BCUT2D eigenvalue weighted by atomic mass is 16.5. The van der Waals surface area contributed by atoms with Crippen molar-refractivity contribution in [3.63, 3.8) is 0 Å². The fourth-order valence-electron chi connectivity index (χ4n) is 4.25. The van der Waals surface area contributed by atoms with Crippen LogP contribution in [-0.2, 0) is 0 Å². The van der Waals surface area contributed by atoms with Crippen LogP contribution >= 0.6 is 0 Å². The van der Waals surface area contributed by atoms with Crippen LogP contribution in [0.25, 0.3) is 17.1 Å². The average molecular weight is 444 g/mol. The summed E-state index contributed by atoms with van der Waals surface area (Å²) in [6.45, 7) is 4.56. The van der Waals surface area contributed by atoms with Crippen molar-refractivity contribution in [3.8, 4) is 22.9 Å².